The van der Waals surface area contributed by atoms with Crippen LogP contribution in [0.5, 0.6) is 0 Å². The Labute approximate surface area is 96.1 Å². The highest BCUT2D eigenvalue weighted by Crippen LogP contribution is 2.09. The number of carbonyl (C=O) groups is 2. The Hall–Kier alpha value is -1.10. The lowest BCUT2D eigenvalue weighted by Crippen LogP contribution is -2.43. The molecule has 0 aliphatic carbocycles. The van der Waals surface area contributed by atoms with Crippen LogP contribution in [0.1, 0.15) is 27.2 Å². The summed E-state index contributed by atoms with van der Waals surface area (Å²) in [7, 11) is 1.74. The Kier molecular flexibility index (Phi) is 3.91. The van der Waals surface area contributed by atoms with Crippen molar-refractivity contribution in [3.63, 3.8) is 0 Å². The molecule has 0 aromatic carbocycles. The molecule has 1 heterocycles. The predicted octanol–water partition coefficient (Wildman–Crippen LogP) is 0.148. The van der Waals surface area contributed by atoms with E-state index < -0.39 is 0 Å². The molecule has 1 rings (SSSR count). The van der Waals surface area contributed by atoms with Gasteiger partial charge in [0.15, 0.2) is 0 Å². The van der Waals surface area contributed by atoms with Gasteiger partial charge in [0.25, 0.3) is 0 Å². The normalized spacial score (nSPS) is 21.4. The molecule has 0 aromatic heterocycles. The maximum atomic E-state index is 11.5. The molecule has 1 aliphatic rings. The first kappa shape index (κ1) is 13.0. The van der Waals surface area contributed by atoms with Crippen LogP contribution in [0.15, 0.2) is 0 Å². The molecule has 1 aliphatic heterocycles. The molecule has 1 unspecified atom stereocenters. The Morgan fingerprint density at radius 1 is 1.56 bits per heavy atom. The van der Waals surface area contributed by atoms with Crippen molar-refractivity contribution in [2.24, 2.45) is 0 Å². The van der Waals surface area contributed by atoms with Crippen molar-refractivity contribution in [3.8, 4) is 0 Å². The van der Waals surface area contributed by atoms with Gasteiger partial charge in [-0.15, -0.1) is 0 Å². The van der Waals surface area contributed by atoms with E-state index in [-0.39, 0.29) is 30.1 Å². The lowest BCUT2D eigenvalue weighted by atomic mass is 10.2. The monoisotopic (exact) mass is 228 g/mol. The fraction of sp³-hybridized carbons (Fsp3) is 0.818. The van der Waals surface area contributed by atoms with Gasteiger partial charge in [-0.3, -0.25) is 9.59 Å². The van der Waals surface area contributed by atoms with Gasteiger partial charge in [-0.2, -0.15) is 0 Å². The average Bonchev–Trinajstić information content (AvgIpc) is 2.46. The molecular formula is C11H20N2O3. The van der Waals surface area contributed by atoms with Crippen molar-refractivity contribution in [2.45, 2.75) is 38.8 Å². The summed E-state index contributed by atoms with van der Waals surface area (Å²) in [6.07, 6.45) is 0.677. The summed E-state index contributed by atoms with van der Waals surface area (Å²) in [4.78, 5) is 24.6. The van der Waals surface area contributed by atoms with E-state index in [4.69, 9.17) is 4.74 Å². The molecule has 0 aromatic rings. The highest BCUT2D eigenvalue weighted by Gasteiger charge is 2.30. The van der Waals surface area contributed by atoms with E-state index in [2.05, 4.69) is 5.32 Å². The third kappa shape index (κ3) is 3.81. The van der Waals surface area contributed by atoms with Crippen LogP contribution in [0.3, 0.4) is 0 Å². The lowest BCUT2D eigenvalue weighted by Gasteiger charge is -2.20. The Balaban J connectivity index is 2.33. The zero-order chi connectivity index (χ0) is 12.3. The van der Waals surface area contributed by atoms with E-state index in [1.54, 1.807) is 11.9 Å². The van der Waals surface area contributed by atoms with Crippen molar-refractivity contribution >= 4 is 11.8 Å². The summed E-state index contributed by atoms with van der Waals surface area (Å²) < 4.78 is 5.33. The number of nitrogens with one attached hydrogen (secondary N) is 1. The minimum absolute atomic E-state index is 0.00298. The number of ether oxygens (including phenoxy) is 1. The second-order valence-corrected chi connectivity index (χ2v) is 5.07. The SMILES string of the molecule is CN1CCC(NC(=O)COC(C)(C)C)C1=O. The van der Waals surface area contributed by atoms with Crippen molar-refractivity contribution in [3.05, 3.63) is 0 Å². The zero-order valence-electron chi connectivity index (χ0n) is 10.4. The zero-order valence-corrected chi connectivity index (χ0v) is 10.4. The molecule has 1 N–H and O–H groups in total. The smallest absolute Gasteiger partial charge is 0.246 e. The van der Waals surface area contributed by atoms with Crippen molar-refractivity contribution < 1.29 is 14.3 Å². The number of hydrogen-bond donors (Lipinski definition) is 1. The predicted molar refractivity (Wildman–Crippen MR) is 59.9 cm³/mol. The molecule has 1 fully saturated rings. The standard InChI is InChI=1S/C11H20N2O3/c1-11(2,3)16-7-9(14)12-8-5-6-13(4)10(8)15/h8H,5-7H2,1-4H3,(H,12,14). The number of hydrogen-bond acceptors (Lipinski definition) is 3. The first-order chi connectivity index (χ1) is 7.29. The molecular weight excluding hydrogens is 208 g/mol. The van der Waals surface area contributed by atoms with Crippen LogP contribution in [0, 0.1) is 0 Å². The van der Waals surface area contributed by atoms with Crippen molar-refractivity contribution in [2.75, 3.05) is 20.2 Å². The second kappa shape index (κ2) is 4.82. The van der Waals surface area contributed by atoms with E-state index in [1.165, 1.54) is 0 Å². The second-order valence-electron chi connectivity index (χ2n) is 5.07. The third-order valence-corrected chi connectivity index (χ3v) is 2.40. The van der Waals surface area contributed by atoms with Crippen LogP contribution in [0.4, 0.5) is 0 Å². The molecule has 0 saturated carbocycles. The summed E-state index contributed by atoms with van der Waals surface area (Å²) >= 11 is 0. The molecule has 92 valence electrons. The molecule has 2 amide bonds. The third-order valence-electron chi connectivity index (χ3n) is 2.40. The quantitative estimate of drug-likeness (QED) is 0.748. The van der Waals surface area contributed by atoms with Gasteiger partial charge in [0.1, 0.15) is 12.6 Å². The summed E-state index contributed by atoms with van der Waals surface area (Å²) in [5, 5.41) is 2.68. The molecule has 5 nitrogen and oxygen atoms in total. The van der Waals surface area contributed by atoms with E-state index in [0.29, 0.717) is 13.0 Å². The van der Waals surface area contributed by atoms with Gasteiger partial charge in [0.05, 0.1) is 5.60 Å². The van der Waals surface area contributed by atoms with Gasteiger partial charge in [0.2, 0.25) is 11.8 Å². The fourth-order valence-electron chi connectivity index (χ4n) is 1.47. The average molecular weight is 228 g/mol. The summed E-state index contributed by atoms with van der Waals surface area (Å²) in [6.45, 7) is 6.35. The fourth-order valence-corrected chi connectivity index (χ4v) is 1.47. The first-order valence-corrected chi connectivity index (χ1v) is 5.48. The van der Waals surface area contributed by atoms with Crippen LogP contribution in [-0.4, -0.2) is 48.6 Å². The van der Waals surface area contributed by atoms with Crippen LogP contribution < -0.4 is 5.32 Å². The molecule has 0 spiro atoms. The number of amides is 2. The van der Waals surface area contributed by atoms with Gasteiger partial charge in [0, 0.05) is 13.6 Å². The van der Waals surface area contributed by atoms with E-state index in [9.17, 15) is 9.59 Å². The van der Waals surface area contributed by atoms with Crippen LogP contribution in [-0.2, 0) is 14.3 Å². The summed E-state index contributed by atoms with van der Waals surface area (Å²) in [5.74, 6) is -0.257. The number of carbonyl (C=O) groups excluding carboxylic acids is 2. The Morgan fingerprint density at radius 2 is 2.19 bits per heavy atom. The van der Waals surface area contributed by atoms with Gasteiger partial charge in [-0.1, -0.05) is 0 Å². The summed E-state index contributed by atoms with van der Waals surface area (Å²) in [6, 6.07) is -0.374. The molecule has 5 heteroatoms. The van der Waals surface area contributed by atoms with Crippen LogP contribution >= 0.6 is 0 Å². The number of rotatable bonds is 3. The van der Waals surface area contributed by atoms with Gasteiger partial charge in [-0.25, -0.2) is 0 Å². The number of nitrogens with zero attached hydrogens (tertiary/aromatic N) is 1. The molecule has 16 heavy (non-hydrogen) atoms. The molecule has 0 radical (unpaired) electrons. The van der Waals surface area contributed by atoms with Crippen LogP contribution in [0.25, 0.3) is 0 Å². The molecule has 1 atom stereocenters. The Bertz CT molecular complexity index is 283. The largest absolute Gasteiger partial charge is 0.366 e. The summed E-state index contributed by atoms with van der Waals surface area (Å²) in [5.41, 5.74) is -0.339. The van der Waals surface area contributed by atoms with E-state index in [0.717, 1.165) is 0 Å². The van der Waals surface area contributed by atoms with E-state index in [1.807, 2.05) is 20.8 Å². The first-order valence-electron chi connectivity index (χ1n) is 5.48. The van der Waals surface area contributed by atoms with E-state index >= 15 is 0 Å². The lowest BCUT2D eigenvalue weighted by molar-refractivity contribution is -0.135. The molecule has 0 bridgehead atoms. The van der Waals surface area contributed by atoms with Crippen molar-refractivity contribution in [1.82, 2.24) is 10.2 Å². The molecule has 1 saturated heterocycles. The minimum Gasteiger partial charge on any atom is -0.366 e. The number of likely N-dealkylation sites (tertiary alicyclic amines) is 1. The minimum atomic E-state index is -0.374. The highest BCUT2D eigenvalue weighted by molar-refractivity contribution is 5.89. The number of likely N-dealkylation sites (N-methyl/N-ethyl adjacent to an activating group) is 1. The Morgan fingerprint density at radius 3 is 2.62 bits per heavy atom. The highest BCUT2D eigenvalue weighted by atomic mass is 16.5. The maximum absolute atomic E-state index is 11.5. The van der Waals surface area contributed by atoms with Crippen LogP contribution in [0.2, 0.25) is 0 Å². The maximum Gasteiger partial charge on any atom is 0.246 e. The van der Waals surface area contributed by atoms with Gasteiger partial charge < -0.3 is 15.0 Å². The van der Waals surface area contributed by atoms with Gasteiger partial charge >= 0.3 is 0 Å². The van der Waals surface area contributed by atoms with Gasteiger partial charge in [-0.05, 0) is 27.2 Å². The van der Waals surface area contributed by atoms with Crippen molar-refractivity contribution in [1.29, 1.82) is 0 Å². The topological polar surface area (TPSA) is 58.6 Å².